The molecule has 0 N–H and O–H groups in total. The minimum absolute atomic E-state index is 0.439. The van der Waals surface area contributed by atoms with Crippen molar-refractivity contribution in [2.75, 3.05) is 0 Å². The molecule has 0 rings (SSSR count). The van der Waals surface area contributed by atoms with E-state index in [1.165, 1.54) is 0 Å². The van der Waals surface area contributed by atoms with Gasteiger partial charge in [-0.15, -0.1) is 5.73 Å². The summed E-state index contributed by atoms with van der Waals surface area (Å²) in [4.78, 5) is 0. The highest BCUT2D eigenvalue weighted by molar-refractivity contribution is 7.81. The normalized spacial score (nSPS) is 15.2. The Labute approximate surface area is 74.9 Å². The van der Waals surface area contributed by atoms with Crippen molar-refractivity contribution in [3.8, 4) is 0 Å². The Balaban J connectivity index is 4.79. The molecule has 0 aromatic carbocycles. The molecule has 0 saturated carbocycles. The molecule has 4 heteroatoms. The van der Waals surface area contributed by atoms with Gasteiger partial charge in [0, 0.05) is 5.25 Å². The number of hydrogen-bond donors (Lipinski definition) is 1. The maximum absolute atomic E-state index is 12.1. The van der Waals surface area contributed by atoms with Gasteiger partial charge in [0.2, 0.25) is 0 Å². The van der Waals surface area contributed by atoms with Crippen LogP contribution in [0.2, 0.25) is 0 Å². The number of hydrogen-bond acceptors (Lipinski definition) is 1. The molecule has 0 bridgehead atoms. The smallest absolute Gasteiger partial charge is 0.172 e. The quantitative estimate of drug-likeness (QED) is 0.389. The molecule has 0 spiro atoms. The van der Waals surface area contributed by atoms with Gasteiger partial charge in [-0.25, -0.2) is 0 Å². The largest absolute Gasteiger partial charge is 0.416 e. The van der Waals surface area contributed by atoms with Gasteiger partial charge in [-0.2, -0.15) is 25.8 Å². The summed E-state index contributed by atoms with van der Waals surface area (Å²) in [6.45, 7) is 4.62. The molecule has 0 aliphatic carbocycles. The van der Waals surface area contributed by atoms with Gasteiger partial charge < -0.3 is 0 Å². The Hall–Kier alpha value is -0.600. The van der Waals surface area contributed by atoms with E-state index in [-0.39, 0.29) is 0 Å². The summed E-state index contributed by atoms with van der Waals surface area (Å²) in [7, 11) is 0. The van der Waals surface area contributed by atoms with Crippen molar-refractivity contribution >= 4 is 12.6 Å². The zero-order valence-corrected chi connectivity index (χ0v) is 7.41. The van der Waals surface area contributed by atoms with Crippen LogP contribution in [0.5, 0.6) is 0 Å². The Morgan fingerprint density at radius 3 is 2.33 bits per heavy atom. The lowest BCUT2D eigenvalue weighted by atomic mass is 10.2. The molecule has 0 radical (unpaired) electrons. The van der Waals surface area contributed by atoms with Crippen molar-refractivity contribution in [1.82, 2.24) is 0 Å². The summed E-state index contributed by atoms with van der Waals surface area (Å²) in [5, 5.41) is -0.439. The molecular formula is C8H9F3S. The molecule has 0 fully saturated rings. The van der Waals surface area contributed by atoms with Gasteiger partial charge in [-0.3, -0.25) is 0 Å². The number of alkyl halides is 3. The van der Waals surface area contributed by atoms with E-state index in [0.717, 1.165) is 12.2 Å². The van der Waals surface area contributed by atoms with Crippen molar-refractivity contribution < 1.29 is 13.2 Å². The highest BCUT2D eigenvalue weighted by Crippen LogP contribution is 2.27. The van der Waals surface area contributed by atoms with Crippen LogP contribution in [0.4, 0.5) is 13.2 Å². The third-order valence-electron chi connectivity index (χ3n) is 1.01. The Kier molecular flexibility index (Phi) is 4.21. The predicted octanol–water partition coefficient (Wildman–Crippen LogP) is 3.13. The molecule has 0 saturated heterocycles. The second-order valence-corrected chi connectivity index (χ2v) is 3.02. The van der Waals surface area contributed by atoms with Crippen molar-refractivity contribution in [3.63, 3.8) is 0 Å². The molecule has 0 amide bonds. The molecule has 12 heavy (non-hydrogen) atoms. The van der Waals surface area contributed by atoms with E-state index in [2.05, 4.69) is 24.9 Å². The Morgan fingerprint density at radius 1 is 1.58 bits per heavy atom. The number of halogens is 3. The van der Waals surface area contributed by atoms with Gasteiger partial charge in [0.15, 0.2) is 0 Å². The summed E-state index contributed by atoms with van der Waals surface area (Å²) in [6.07, 6.45) is -2.55. The van der Waals surface area contributed by atoms with Gasteiger partial charge in [0.25, 0.3) is 0 Å². The van der Waals surface area contributed by atoms with Crippen LogP contribution in [0.1, 0.15) is 6.92 Å². The lowest BCUT2D eigenvalue weighted by molar-refractivity contribution is -0.0883. The van der Waals surface area contributed by atoms with Crippen LogP contribution in [0.25, 0.3) is 0 Å². The Bertz CT molecular complexity index is 219. The first-order valence-electron chi connectivity index (χ1n) is 3.21. The maximum atomic E-state index is 12.1. The third kappa shape index (κ3) is 4.31. The fourth-order valence-electron chi connectivity index (χ4n) is 0.594. The maximum Gasteiger partial charge on any atom is 0.416 e. The highest BCUT2D eigenvalue weighted by atomic mass is 32.1. The molecule has 0 aliphatic heterocycles. The molecule has 0 heterocycles. The van der Waals surface area contributed by atoms with Crippen LogP contribution in [0.3, 0.4) is 0 Å². The zero-order chi connectivity index (χ0) is 9.78. The Morgan fingerprint density at radius 2 is 2.08 bits per heavy atom. The first-order chi connectivity index (χ1) is 5.38. The van der Waals surface area contributed by atoms with Crippen LogP contribution in [-0.2, 0) is 0 Å². The van der Waals surface area contributed by atoms with E-state index in [1.807, 2.05) is 0 Å². The van der Waals surface area contributed by atoms with Gasteiger partial charge in [-0.1, -0.05) is 12.7 Å². The summed E-state index contributed by atoms with van der Waals surface area (Å²) in [6, 6.07) is 0. The fraction of sp³-hybridized carbons (Fsp3) is 0.375. The topological polar surface area (TPSA) is 0 Å². The standard InChI is InChI=1S/C8H9F3S/c1-3-4-7(5-6(2)12)8(9,10)11/h4-6,12H,1H2,2H3/b7-5+. The monoisotopic (exact) mass is 194 g/mol. The second kappa shape index (κ2) is 4.43. The van der Waals surface area contributed by atoms with E-state index < -0.39 is 17.0 Å². The summed E-state index contributed by atoms with van der Waals surface area (Å²) < 4.78 is 36.2. The van der Waals surface area contributed by atoms with Crippen molar-refractivity contribution in [3.05, 3.63) is 30.0 Å². The van der Waals surface area contributed by atoms with Gasteiger partial charge in [0.05, 0.1) is 5.57 Å². The molecule has 68 valence electrons. The first-order valence-corrected chi connectivity index (χ1v) is 3.72. The highest BCUT2D eigenvalue weighted by Gasteiger charge is 2.31. The molecule has 0 aliphatic rings. The van der Waals surface area contributed by atoms with Crippen LogP contribution >= 0.6 is 12.6 Å². The second-order valence-electron chi connectivity index (χ2n) is 2.21. The molecule has 0 aromatic rings. The van der Waals surface area contributed by atoms with Gasteiger partial charge in [0.1, 0.15) is 0 Å². The molecule has 1 atom stereocenters. The fourth-order valence-corrected chi connectivity index (χ4v) is 0.755. The van der Waals surface area contributed by atoms with E-state index in [4.69, 9.17) is 0 Å². The predicted molar refractivity (Wildman–Crippen MR) is 46.3 cm³/mol. The number of rotatable bonds is 2. The summed E-state index contributed by atoms with van der Waals surface area (Å²) >= 11 is 3.82. The lowest BCUT2D eigenvalue weighted by Gasteiger charge is -2.07. The molecule has 0 nitrogen and oxygen atoms in total. The van der Waals surface area contributed by atoms with E-state index in [1.54, 1.807) is 6.92 Å². The molecule has 0 aromatic heterocycles. The van der Waals surface area contributed by atoms with Gasteiger partial charge >= 0.3 is 6.18 Å². The van der Waals surface area contributed by atoms with Crippen LogP contribution in [-0.4, -0.2) is 11.4 Å². The van der Waals surface area contributed by atoms with Crippen LogP contribution in [0.15, 0.2) is 30.0 Å². The number of thiol groups is 1. The molecule has 1 unspecified atom stereocenters. The average Bonchev–Trinajstić information content (AvgIpc) is 1.83. The summed E-state index contributed by atoms with van der Waals surface area (Å²) in [5.74, 6) is 0. The minimum Gasteiger partial charge on any atom is -0.172 e. The van der Waals surface area contributed by atoms with E-state index >= 15 is 0 Å². The lowest BCUT2D eigenvalue weighted by Crippen LogP contribution is -2.11. The first kappa shape index (κ1) is 11.4. The average molecular weight is 194 g/mol. The van der Waals surface area contributed by atoms with E-state index in [9.17, 15) is 13.2 Å². The molecular weight excluding hydrogens is 185 g/mol. The number of allylic oxidation sites excluding steroid dienone is 2. The summed E-state index contributed by atoms with van der Waals surface area (Å²) in [5.41, 5.74) is 1.32. The minimum atomic E-state index is -4.35. The third-order valence-corrected chi connectivity index (χ3v) is 1.15. The van der Waals surface area contributed by atoms with Crippen LogP contribution in [0, 0.1) is 0 Å². The van der Waals surface area contributed by atoms with E-state index in [0.29, 0.717) is 0 Å². The van der Waals surface area contributed by atoms with Crippen molar-refractivity contribution in [2.45, 2.75) is 18.3 Å². The SMILES string of the molecule is C=C=C/C(=C\C(C)S)C(F)(F)F. The van der Waals surface area contributed by atoms with Crippen molar-refractivity contribution in [1.29, 1.82) is 0 Å². The van der Waals surface area contributed by atoms with Gasteiger partial charge in [-0.05, 0) is 13.0 Å². The zero-order valence-electron chi connectivity index (χ0n) is 6.52. The van der Waals surface area contributed by atoms with Crippen LogP contribution < -0.4 is 0 Å². The van der Waals surface area contributed by atoms with Crippen molar-refractivity contribution in [2.24, 2.45) is 0 Å².